The van der Waals surface area contributed by atoms with Crippen molar-refractivity contribution in [3.63, 3.8) is 0 Å². The molecule has 0 spiro atoms. The molecule has 1 saturated heterocycles. The van der Waals surface area contributed by atoms with Gasteiger partial charge in [-0.25, -0.2) is 19.4 Å². The van der Waals surface area contributed by atoms with Gasteiger partial charge in [0.25, 0.3) is 0 Å². The Morgan fingerprint density at radius 1 is 1.45 bits per heavy atom. The first-order chi connectivity index (χ1) is 10.3. The van der Waals surface area contributed by atoms with Crippen LogP contribution < -0.4 is 0 Å². The van der Waals surface area contributed by atoms with Crippen LogP contribution in [0.2, 0.25) is 0 Å². The number of hydrogen-bond donors (Lipinski definition) is 1. The topological polar surface area (TPSA) is 97.0 Å². The highest BCUT2D eigenvalue weighted by Crippen LogP contribution is 2.45. The molecule has 3 rings (SSSR count). The molecule has 0 radical (unpaired) electrons. The van der Waals surface area contributed by atoms with E-state index in [0.717, 1.165) is 12.8 Å². The predicted octanol–water partition coefficient (Wildman–Crippen LogP) is 1.78. The maximum absolute atomic E-state index is 11.7. The van der Waals surface area contributed by atoms with Crippen molar-refractivity contribution in [2.45, 2.75) is 45.7 Å². The Balaban J connectivity index is 2.06. The Morgan fingerprint density at radius 2 is 2.23 bits per heavy atom. The fourth-order valence-corrected chi connectivity index (χ4v) is 3.42. The van der Waals surface area contributed by atoms with Gasteiger partial charge < -0.3 is 10.0 Å². The highest BCUT2D eigenvalue weighted by molar-refractivity contribution is 5.68. The summed E-state index contributed by atoms with van der Waals surface area (Å²) in [6.45, 7) is 7.21. The molecule has 8 nitrogen and oxygen atoms in total. The van der Waals surface area contributed by atoms with Gasteiger partial charge in [0.15, 0.2) is 11.2 Å². The third-order valence-corrected chi connectivity index (χ3v) is 4.70. The van der Waals surface area contributed by atoms with Gasteiger partial charge >= 0.3 is 6.09 Å². The van der Waals surface area contributed by atoms with Crippen molar-refractivity contribution in [1.82, 2.24) is 29.9 Å². The largest absolute Gasteiger partial charge is 0.465 e. The lowest BCUT2D eigenvalue weighted by atomic mass is 9.71. The van der Waals surface area contributed by atoms with E-state index in [1.807, 2.05) is 0 Å². The van der Waals surface area contributed by atoms with Crippen LogP contribution in [0, 0.1) is 5.41 Å². The van der Waals surface area contributed by atoms with Gasteiger partial charge in [0.1, 0.15) is 6.33 Å². The minimum absolute atomic E-state index is 0.229. The van der Waals surface area contributed by atoms with E-state index in [-0.39, 0.29) is 5.41 Å². The number of carboxylic acid groups (broad SMARTS) is 1. The third-order valence-electron chi connectivity index (χ3n) is 4.70. The molecule has 3 heterocycles. The van der Waals surface area contributed by atoms with Crippen LogP contribution in [0.1, 0.15) is 33.6 Å². The zero-order chi connectivity index (χ0) is 16.0. The number of likely N-dealkylation sites (tertiary alicyclic amines) is 1. The van der Waals surface area contributed by atoms with Crippen molar-refractivity contribution in [2.75, 3.05) is 6.54 Å². The molecule has 2 aromatic heterocycles. The Morgan fingerprint density at radius 3 is 2.91 bits per heavy atom. The van der Waals surface area contributed by atoms with Gasteiger partial charge in [-0.1, -0.05) is 26.0 Å². The number of hydrogen-bond acceptors (Lipinski definition) is 5. The first kappa shape index (κ1) is 14.7. The van der Waals surface area contributed by atoms with E-state index in [9.17, 15) is 9.90 Å². The molecule has 1 aliphatic rings. The number of amides is 1. The molecule has 1 fully saturated rings. The molecule has 0 saturated carbocycles. The van der Waals surface area contributed by atoms with Crippen molar-refractivity contribution in [2.24, 2.45) is 5.41 Å². The first-order valence-electron chi connectivity index (χ1n) is 7.35. The summed E-state index contributed by atoms with van der Waals surface area (Å²) >= 11 is 0. The first-order valence-corrected chi connectivity index (χ1v) is 7.35. The second-order valence-electron chi connectivity index (χ2n) is 6.80. The molecule has 0 aromatic carbocycles. The van der Waals surface area contributed by atoms with Crippen LogP contribution in [-0.4, -0.2) is 53.1 Å². The summed E-state index contributed by atoms with van der Waals surface area (Å²) < 4.78 is 1.70. The Kier molecular flexibility index (Phi) is 3.26. The summed E-state index contributed by atoms with van der Waals surface area (Å²) in [6.07, 6.45) is 3.83. The van der Waals surface area contributed by atoms with Crippen LogP contribution >= 0.6 is 0 Å². The molecule has 0 unspecified atom stereocenters. The number of carbonyl (C=O) groups is 1. The van der Waals surface area contributed by atoms with Gasteiger partial charge in [0.2, 0.25) is 0 Å². The van der Waals surface area contributed by atoms with Crippen LogP contribution in [0.4, 0.5) is 4.79 Å². The standard InChI is InChI=1S/C14H20N6O2/c1-13(2,3)14(5-4-6-19(14)12(21)22)8-20-11-10(17-18-20)7-15-9-16-11/h7,9H,4-6,8H2,1-3H3,(H,21,22)/t14-/m1/s1. The maximum atomic E-state index is 11.7. The van der Waals surface area contributed by atoms with Gasteiger partial charge in [0.05, 0.1) is 18.3 Å². The maximum Gasteiger partial charge on any atom is 0.407 e. The fraction of sp³-hybridized carbons (Fsp3) is 0.643. The number of nitrogens with zero attached hydrogens (tertiary/aromatic N) is 6. The summed E-state index contributed by atoms with van der Waals surface area (Å²) in [5, 5.41) is 17.8. The number of fused-ring (bicyclic) bond motifs is 1. The molecular formula is C14H20N6O2. The molecule has 8 heteroatoms. The lowest BCUT2D eigenvalue weighted by Gasteiger charge is -2.46. The van der Waals surface area contributed by atoms with Crippen molar-refractivity contribution < 1.29 is 9.90 Å². The minimum atomic E-state index is -0.883. The van der Waals surface area contributed by atoms with Crippen LogP contribution in [0.3, 0.4) is 0 Å². The second kappa shape index (κ2) is 4.89. The SMILES string of the molecule is CC(C)(C)[C@]1(Cn2nnc3cncnc32)CCCN1C(=O)O. The Labute approximate surface area is 128 Å². The van der Waals surface area contributed by atoms with E-state index >= 15 is 0 Å². The van der Waals surface area contributed by atoms with Crippen molar-refractivity contribution in [1.29, 1.82) is 0 Å². The average Bonchev–Trinajstić information content (AvgIpc) is 3.04. The highest BCUT2D eigenvalue weighted by atomic mass is 16.4. The quantitative estimate of drug-likeness (QED) is 0.908. The van der Waals surface area contributed by atoms with E-state index in [0.29, 0.717) is 24.3 Å². The van der Waals surface area contributed by atoms with Gasteiger partial charge in [-0.3, -0.25) is 0 Å². The molecule has 0 aliphatic carbocycles. The third kappa shape index (κ3) is 2.10. The fourth-order valence-electron chi connectivity index (χ4n) is 3.42. The normalized spacial score (nSPS) is 22.4. The van der Waals surface area contributed by atoms with Crippen LogP contribution in [0.15, 0.2) is 12.5 Å². The summed E-state index contributed by atoms with van der Waals surface area (Å²) in [6, 6.07) is 0. The summed E-state index contributed by atoms with van der Waals surface area (Å²) in [7, 11) is 0. The molecule has 2 aromatic rings. The minimum Gasteiger partial charge on any atom is -0.465 e. The molecule has 0 bridgehead atoms. The smallest absolute Gasteiger partial charge is 0.407 e. The Bertz CT molecular complexity index is 707. The van der Waals surface area contributed by atoms with Crippen LogP contribution in [0.5, 0.6) is 0 Å². The van der Waals surface area contributed by atoms with E-state index in [4.69, 9.17) is 0 Å². The molecule has 22 heavy (non-hydrogen) atoms. The summed E-state index contributed by atoms with van der Waals surface area (Å²) in [4.78, 5) is 21.4. The predicted molar refractivity (Wildman–Crippen MR) is 79.3 cm³/mol. The molecule has 1 amide bonds. The molecular weight excluding hydrogens is 284 g/mol. The zero-order valence-corrected chi connectivity index (χ0v) is 13.0. The average molecular weight is 304 g/mol. The monoisotopic (exact) mass is 304 g/mol. The number of aromatic nitrogens is 5. The van der Waals surface area contributed by atoms with E-state index in [1.165, 1.54) is 6.33 Å². The molecule has 118 valence electrons. The number of rotatable bonds is 2. The van der Waals surface area contributed by atoms with E-state index in [1.54, 1.807) is 15.8 Å². The van der Waals surface area contributed by atoms with E-state index in [2.05, 4.69) is 41.1 Å². The van der Waals surface area contributed by atoms with Crippen LogP contribution in [-0.2, 0) is 6.54 Å². The Hall–Kier alpha value is -2.25. The zero-order valence-electron chi connectivity index (χ0n) is 13.0. The second-order valence-corrected chi connectivity index (χ2v) is 6.80. The lowest BCUT2D eigenvalue weighted by molar-refractivity contribution is 0.0157. The van der Waals surface area contributed by atoms with E-state index < -0.39 is 11.6 Å². The van der Waals surface area contributed by atoms with Crippen molar-refractivity contribution in [3.05, 3.63) is 12.5 Å². The van der Waals surface area contributed by atoms with Crippen molar-refractivity contribution >= 4 is 17.3 Å². The molecule has 1 atom stereocenters. The van der Waals surface area contributed by atoms with Gasteiger partial charge in [-0.2, -0.15) is 0 Å². The molecule has 1 aliphatic heterocycles. The molecule has 1 N–H and O–H groups in total. The van der Waals surface area contributed by atoms with Gasteiger partial charge in [-0.05, 0) is 18.3 Å². The summed E-state index contributed by atoms with van der Waals surface area (Å²) in [5.74, 6) is 0. The lowest BCUT2D eigenvalue weighted by Crippen LogP contribution is -2.57. The van der Waals surface area contributed by atoms with Gasteiger partial charge in [0, 0.05) is 6.54 Å². The highest BCUT2D eigenvalue weighted by Gasteiger charge is 2.52. The van der Waals surface area contributed by atoms with Crippen LogP contribution in [0.25, 0.3) is 11.2 Å². The van der Waals surface area contributed by atoms with Crippen molar-refractivity contribution in [3.8, 4) is 0 Å². The van der Waals surface area contributed by atoms with Gasteiger partial charge in [-0.15, -0.1) is 5.10 Å². The summed E-state index contributed by atoms with van der Waals surface area (Å²) in [5.41, 5.74) is 0.500.